The Morgan fingerprint density at radius 2 is 1.74 bits per heavy atom. The fourth-order valence-corrected chi connectivity index (χ4v) is 5.95. The smallest absolute Gasteiger partial charge is 0.291 e. The van der Waals surface area contributed by atoms with Crippen molar-refractivity contribution in [1.82, 2.24) is 4.90 Å². The van der Waals surface area contributed by atoms with Crippen molar-refractivity contribution in [2.45, 2.75) is 18.5 Å². The molecule has 0 radical (unpaired) electrons. The quantitative estimate of drug-likeness (QED) is 0.302. The van der Waals surface area contributed by atoms with Gasteiger partial charge in [0.15, 0.2) is 11.0 Å². The third-order valence-electron chi connectivity index (χ3n) is 7.21. The molecule has 7 nitrogen and oxygen atoms in total. The summed E-state index contributed by atoms with van der Waals surface area (Å²) >= 11 is 12.7. The van der Waals surface area contributed by atoms with Crippen LogP contribution in [0.2, 0.25) is 10.0 Å². The van der Waals surface area contributed by atoms with Crippen LogP contribution in [0, 0.1) is 0 Å². The number of hydrogen-bond donors (Lipinski definition) is 0. The van der Waals surface area contributed by atoms with Crippen LogP contribution in [0.5, 0.6) is 0 Å². The molecule has 1 spiro atoms. The standard InChI is InChI=1S/C29H22Cl2N2O5/c1-37-14-6-13-33-27(35)26-24(25(34)19-15-18(30)11-12-23(19)38-26)29(33)20-8-3-5-10-22(20)32(28(29)36)16-17-7-2-4-9-21(17)31/h2-5,7-12,15H,6,13-14,16H2,1H3. The Kier molecular flexibility index (Phi) is 6.02. The molecular weight excluding hydrogens is 527 g/mol. The number of ether oxygens (including phenoxy) is 1. The molecule has 2 aliphatic rings. The first kappa shape index (κ1) is 24.7. The van der Waals surface area contributed by atoms with Crippen molar-refractivity contribution < 1.29 is 18.7 Å². The largest absolute Gasteiger partial charge is 0.450 e. The molecule has 0 bridgehead atoms. The molecule has 2 amide bonds. The van der Waals surface area contributed by atoms with Gasteiger partial charge in [-0.15, -0.1) is 0 Å². The molecule has 1 aromatic heterocycles. The predicted octanol–water partition coefficient (Wildman–Crippen LogP) is 5.38. The van der Waals surface area contributed by atoms with Gasteiger partial charge in [-0.05, 0) is 42.3 Å². The summed E-state index contributed by atoms with van der Waals surface area (Å²) in [5.74, 6) is -1.07. The van der Waals surface area contributed by atoms with E-state index in [1.54, 1.807) is 42.3 Å². The average molecular weight is 549 g/mol. The van der Waals surface area contributed by atoms with Crippen molar-refractivity contribution in [2.75, 3.05) is 25.2 Å². The fraction of sp³-hybridized carbons (Fsp3) is 0.207. The SMILES string of the molecule is COCCCN1C(=O)c2oc3ccc(Cl)cc3c(=O)c2C12C(=O)N(Cc1ccccc1Cl)c1ccccc12. The van der Waals surface area contributed by atoms with Gasteiger partial charge in [-0.2, -0.15) is 0 Å². The summed E-state index contributed by atoms with van der Waals surface area (Å²) in [5.41, 5.74) is -0.0532. The summed E-state index contributed by atoms with van der Waals surface area (Å²) in [6.45, 7) is 0.708. The summed E-state index contributed by atoms with van der Waals surface area (Å²) < 4.78 is 11.3. The lowest BCUT2D eigenvalue weighted by Crippen LogP contribution is -2.53. The van der Waals surface area contributed by atoms with Crippen LogP contribution in [-0.2, 0) is 21.6 Å². The molecule has 3 aromatic carbocycles. The van der Waals surface area contributed by atoms with Gasteiger partial charge in [-0.25, -0.2) is 0 Å². The number of hydrogen-bond acceptors (Lipinski definition) is 5. The number of methoxy groups -OCH3 is 1. The lowest BCUT2D eigenvalue weighted by Gasteiger charge is -2.34. The molecule has 9 heteroatoms. The number of rotatable bonds is 6. The maximum atomic E-state index is 14.7. The number of carbonyl (C=O) groups excluding carboxylic acids is 2. The van der Waals surface area contributed by atoms with Gasteiger partial charge in [-0.1, -0.05) is 59.6 Å². The zero-order chi connectivity index (χ0) is 26.6. The molecule has 0 fully saturated rings. The summed E-state index contributed by atoms with van der Waals surface area (Å²) in [6.07, 6.45) is 0.456. The molecular formula is C29H22Cl2N2O5. The van der Waals surface area contributed by atoms with Crippen LogP contribution in [-0.4, -0.2) is 37.0 Å². The van der Waals surface area contributed by atoms with Crippen molar-refractivity contribution in [1.29, 1.82) is 0 Å². The van der Waals surface area contributed by atoms with Crippen molar-refractivity contribution >= 4 is 51.7 Å². The topological polar surface area (TPSA) is 80.1 Å². The van der Waals surface area contributed by atoms with E-state index < -0.39 is 22.8 Å². The molecule has 0 saturated heterocycles. The second-order valence-corrected chi connectivity index (χ2v) is 10.1. The fourth-order valence-electron chi connectivity index (χ4n) is 5.58. The molecule has 6 rings (SSSR count). The second kappa shape index (κ2) is 9.27. The Bertz CT molecular complexity index is 1680. The monoisotopic (exact) mass is 548 g/mol. The van der Waals surface area contributed by atoms with Gasteiger partial charge < -0.3 is 19.0 Å². The van der Waals surface area contributed by atoms with Crippen LogP contribution in [0.25, 0.3) is 11.0 Å². The average Bonchev–Trinajstić information content (AvgIpc) is 3.31. The van der Waals surface area contributed by atoms with E-state index in [4.69, 9.17) is 32.4 Å². The second-order valence-electron chi connectivity index (χ2n) is 9.29. The van der Waals surface area contributed by atoms with Gasteiger partial charge in [0.1, 0.15) is 5.58 Å². The Hall–Kier alpha value is -3.65. The van der Waals surface area contributed by atoms with E-state index in [0.717, 1.165) is 5.56 Å². The van der Waals surface area contributed by atoms with Gasteiger partial charge in [-0.3, -0.25) is 14.4 Å². The highest BCUT2D eigenvalue weighted by Gasteiger charge is 2.64. The minimum Gasteiger partial charge on any atom is -0.450 e. The first-order valence-corrected chi connectivity index (χ1v) is 12.9. The van der Waals surface area contributed by atoms with Crippen LogP contribution >= 0.6 is 23.2 Å². The van der Waals surface area contributed by atoms with Crippen LogP contribution in [0.15, 0.2) is 75.9 Å². The predicted molar refractivity (Wildman–Crippen MR) is 145 cm³/mol. The van der Waals surface area contributed by atoms with Crippen molar-refractivity contribution in [3.8, 4) is 0 Å². The molecule has 0 aliphatic carbocycles. The number of nitrogens with zero attached hydrogens (tertiary/aromatic N) is 2. The molecule has 4 aromatic rings. The third-order valence-corrected chi connectivity index (χ3v) is 7.82. The molecule has 3 heterocycles. The Morgan fingerprint density at radius 1 is 0.974 bits per heavy atom. The molecule has 1 atom stereocenters. The molecule has 1 unspecified atom stereocenters. The van der Waals surface area contributed by atoms with Gasteiger partial charge >= 0.3 is 0 Å². The Balaban J connectivity index is 1.63. The number of halogens is 2. The van der Waals surface area contributed by atoms with Gasteiger partial charge in [0, 0.05) is 35.9 Å². The van der Waals surface area contributed by atoms with Gasteiger partial charge in [0.05, 0.1) is 23.2 Å². The summed E-state index contributed by atoms with van der Waals surface area (Å²) in [6, 6.07) is 19.1. The van der Waals surface area contributed by atoms with Gasteiger partial charge in [0.2, 0.25) is 5.76 Å². The number of amides is 2. The normalized spacial score (nSPS) is 18.1. The van der Waals surface area contributed by atoms with Crippen molar-refractivity contribution in [3.63, 3.8) is 0 Å². The van der Waals surface area contributed by atoms with E-state index in [0.29, 0.717) is 34.3 Å². The summed E-state index contributed by atoms with van der Waals surface area (Å²) in [5, 5.41) is 1.06. The van der Waals surface area contributed by atoms with E-state index in [-0.39, 0.29) is 35.4 Å². The van der Waals surface area contributed by atoms with E-state index >= 15 is 0 Å². The minimum absolute atomic E-state index is 0.00814. The highest BCUT2D eigenvalue weighted by atomic mass is 35.5. The summed E-state index contributed by atoms with van der Waals surface area (Å²) in [4.78, 5) is 45.7. The minimum atomic E-state index is -1.70. The zero-order valence-electron chi connectivity index (χ0n) is 20.4. The third kappa shape index (κ3) is 3.42. The number of benzene rings is 3. The highest BCUT2D eigenvalue weighted by Crippen LogP contribution is 2.53. The number of anilines is 1. The van der Waals surface area contributed by atoms with E-state index in [9.17, 15) is 14.4 Å². The van der Waals surface area contributed by atoms with E-state index in [1.807, 2.05) is 30.3 Å². The molecule has 2 aliphatic heterocycles. The van der Waals surface area contributed by atoms with E-state index in [2.05, 4.69) is 0 Å². The first-order valence-electron chi connectivity index (χ1n) is 12.1. The lowest BCUT2D eigenvalue weighted by atomic mass is 9.84. The molecule has 38 heavy (non-hydrogen) atoms. The van der Waals surface area contributed by atoms with Crippen LogP contribution < -0.4 is 10.3 Å². The highest BCUT2D eigenvalue weighted by molar-refractivity contribution is 6.31. The maximum Gasteiger partial charge on any atom is 0.291 e. The summed E-state index contributed by atoms with van der Waals surface area (Å²) in [7, 11) is 1.57. The number of carbonyl (C=O) groups is 2. The van der Waals surface area contributed by atoms with Crippen molar-refractivity contribution in [2.24, 2.45) is 0 Å². The first-order chi connectivity index (χ1) is 18.4. The lowest BCUT2D eigenvalue weighted by molar-refractivity contribution is -0.126. The van der Waals surface area contributed by atoms with Crippen LogP contribution in [0.4, 0.5) is 5.69 Å². The maximum absolute atomic E-state index is 14.7. The van der Waals surface area contributed by atoms with Crippen molar-refractivity contribution in [3.05, 3.63) is 109 Å². The molecule has 192 valence electrons. The molecule has 0 N–H and O–H groups in total. The Labute approximate surface area is 228 Å². The van der Waals surface area contributed by atoms with Crippen LogP contribution in [0.1, 0.15) is 33.7 Å². The van der Waals surface area contributed by atoms with Gasteiger partial charge in [0.25, 0.3) is 11.8 Å². The molecule has 0 saturated carbocycles. The number of fused-ring (bicyclic) bond motifs is 5. The van der Waals surface area contributed by atoms with Crippen LogP contribution in [0.3, 0.4) is 0 Å². The van der Waals surface area contributed by atoms with E-state index in [1.165, 1.54) is 11.0 Å². The zero-order valence-corrected chi connectivity index (χ0v) is 21.9. The number of para-hydroxylation sites is 1. The Morgan fingerprint density at radius 3 is 2.53 bits per heavy atom.